The van der Waals surface area contributed by atoms with Crippen LogP contribution >= 0.6 is 0 Å². The minimum Gasteiger partial charge on any atom is -0.469 e. The highest BCUT2D eigenvalue weighted by atomic mass is 16.5. The second-order valence-corrected chi connectivity index (χ2v) is 3.67. The number of carbonyl (C=O) groups excluding carboxylic acids is 3. The topological polar surface area (TPSA) is 66.9 Å². The molecule has 0 aromatic heterocycles. The van der Waals surface area contributed by atoms with Crippen LogP contribution in [0.25, 0.3) is 0 Å². The van der Waals surface area contributed by atoms with Gasteiger partial charge in [0.15, 0.2) is 0 Å². The quantitative estimate of drug-likeness (QED) is 0.611. The maximum absolute atomic E-state index is 11.8. The average molecular weight is 244 g/mol. The zero-order valence-electron chi connectivity index (χ0n) is 10.9. The first kappa shape index (κ1) is 15.4. The fourth-order valence-electron chi connectivity index (χ4n) is 1.20. The number of nitrogens with zero attached hydrogens (tertiary/aromatic N) is 2. The van der Waals surface area contributed by atoms with Gasteiger partial charge in [0.2, 0.25) is 11.8 Å². The van der Waals surface area contributed by atoms with Crippen LogP contribution in [-0.2, 0) is 19.1 Å². The summed E-state index contributed by atoms with van der Waals surface area (Å²) < 4.78 is 4.50. The van der Waals surface area contributed by atoms with Gasteiger partial charge in [-0.3, -0.25) is 14.4 Å². The number of hydrogen-bond acceptors (Lipinski definition) is 4. The molecule has 0 aliphatic heterocycles. The molecule has 0 unspecified atom stereocenters. The number of ether oxygens (including phenoxy) is 1. The molecule has 0 saturated heterocycles. The highest BCUT2D eigenvalue weighted by molar-refractivity contribution is 5.84. The van der Waals surface area contributed by atoms with Crippen molar-refractivity contribution in [3.63, 3.8) is 0 Å². The summed E-state index contributed by atoms with van der Waals surface area (Å²) in [6.07, 6.45) is 0.167. The van der Waals surface area contributed by atoms with Crippen LogP contribution in [0.4, 0.5) is 0 Å². The van der Waals surface area contributed by atoms with E-state index in [1.807, 2.05) is 6.92 Å². The number of hydrogen-bond donors (Lipinski definition) is 0. The monoisotopic (exact) mass is 244 g/mol. The summed E-state index contributed by atoms with van der Waals surface area (Å²) in [5.41, 5.74) is 0. The van der Waals surface area contributed by atoms with Crippen LogP contribution in [0, 0.1) is 0 Å². The Labute approximate surface area is 102 Å². The summed E-state index contributed by atoms with van der Waals surface area (Å²) in [4.78, 5) is 36.6. The molecule has 0 bridgehead atoms. The lowest BCUT2D eigenvalue weighted by Crippen LogP contribution is -2.41. The van der Waals surface area contributed by atoms with E-state index in [0.29, 0.717) is 13.1 Å². The molecule has 0 aliphatic carbocycles. The molecular formula is C11H20N2O4. The largest absolute Gasteiger partial charge is 0.469 e. The second-order valence-electron chi connectivity index (χ2n) is 3.67. The standard InChI is InChI=1S/C11H20N2O4/c1-5-13(7-6-11(16)17-4)10(15)8-12(3)9(2)14/h5-8H2,1-4H3. The van der Waals surface area contributed by atoms with Gasteiger partial charge < -0.3 is 14.5 Å². The Bertz CT molecular complexity index is 291. The molecule has 2 amide bonds. The fourth-order valence-corrected chi connectivity index (χ4v) is 1.20. The molecule has 98 valence electrons. The van der Waals surface area contributed by atoms with Crippen molar-refractivity contribution in [1.82, 2.24) is 9.80 Å². The van der Waals surface area contributed by atoms with Crippen LogP contribution < -0.4 is 0 Å². The van der Waals surface area contributed by atoms with Crippen molar-refractivity contribution in [3.05, 3.63) is 0 Å². The van der Waals surface area contributed by atoms with E-state index >= 15 is 0 Å². The first-order chi connectivity index (χ1) is 7.92. The Morgan fingerprint density at radius 2 is 1.82 bits per heavy atom. The van der Waals surface area contributed by atoms with E-state index in [4.69, 9.17) is 0 Å². The van der Waals surface area contributed by atoms with Gasteiger partial charge in [0.1, 0.15) is 0 Å². The third kappa shape index (κ3) is 5.89. The molecule has 0 N–H and O–H groups in total. The van der Waals surface area contributed by atoms with E-state index in [0.717, 1.165) is 0 Å². The third-order valence-corrected chi connectivity index (χ3v) is 2.46. The Kier molecular flexibility index (Phi) is 6.93. The van der Waals surface area contributed by atoms with E-state index in [9.17, 15) is 14.4 Å². The summed E-state index contributed by atoms with van der Waals surface area (Å²) in [7, 11) is 2.87. The number of likely N-dealkylation sites (N-methyl/N-ethyl adjacent to an activating group) is 2. The van der Waals surface area contributed by atoms with Crippen LogP contribution in [-0.4, -0.2) is 61.4 Å². The lowest BCUT2D eigenvalue weighted by atomic mass is 10.3. The van der Waals surface area contributed by atoms with Crippen molar-refractivity contribution in [1.29, 1.82) is 0 Å². The number of rotatable bonds is 6. The first-order valence-electron chi connectivity index (χ1n) is 5.48. The lowest BCUT2D eigenvalue weighted by molar-refractivity contribution is -0.143. The summed E-state index contributed by atoms with van der Waals surface area (Å²) in [6.45, 7) is 4.07. The van der Waals surface area contributed by atoms with E-state index in [1.54, 1.807) is 7.05 Å². The first-order valence-corrected chi connectivity index (χ1v) is 5.48. The molecule has 0 spiro atoms. The molecule has 0 aliphatic rings. The fraction of sp³-hybridized carbons (Fsp3) is 0.727. The SMILES string of the molecule is CCN(CCC(=O)OC)C(=O)CN(C)C(C)=O. The zero-order chi connectivity index (χ0) is 13.4. The average Bonchev–Trinajstić information content (AvgIpc) is 2.29. The zero-order valence-corrected chi connectivity index (χ0v) is 10.9. The van der Waals surface area contributed by atoms with Crippen molar-refractivity contribution in [2.75, 3.05) is 33.8 Å². The van der Waals surface area contributed by atoms with Crippen LogP contribution in [0.5, 0.6) is 0 Å². The van der Waals surface area contributed by atoms with Gasteiger partial charge in [-0.05, 0) is 6.92 Å². The molecule has 6 heteroatoms. The number of methoxy groups -OCH3 is 1. The molecule has 0 aromatic carbocycles. The maximum Gasteiger partial charge on any atom is 0.307 e. The predicted molar refractivity (Wildman–Crippen MR) is 62.2 cm³/mol. The smallest absolute Gasteiger partial charge is 0.307 e. The number of esters is 1. The minimum atomic E-state index is -0.351. The number of amides is 2. The van der Waals surface area contributed by atoms with Crippen LogP contribution in [0.1, 0.15) is 20.3 Å². The van der Waals surface area contributed by atoms with Crippen molar-refractivity contribution in [3.8, 4) is 0 Å². The van der Waals surface area contributed by atoms with E-state index < -0.39 is 0 Å². The third-order valence-electron chi connectivity index (χ3n) is 2.46. The van der Waals surface area contributed by atoms with Gasteiger partial charge in [0, 0.05) is 27.1 Å². The Morgan fingerprint density at radius 1 is 1.24 bits per heavy atom. The van der Waals surface area contributed by atoms with E-state index in [-0.39, 0.29) is 30.7 Å². The summed E-state index contributed by atoms with van der Waals surface area (Å²) in [6, 6.07) is 0. The minimum absolute atomic E-state index is 0.0321. The Hall–Kier alpha value is -1.59. The molecular weight excluding hydrogens is 224 g/mol. The molecule has 0 saturated carbocycles. The van der Waals surface area contributed by atoms with Gasteiger partial charge in [0.25, 0.3) is 0 Å². The molecule has 0 fully saturated rings. The summed E-state index contributed by atoms with van der Waals surface area (Å²) in [5, 5.41) is 0. The molecule has 0 atom stereocenters. The van der Waals surface area contributed by atoms with Gasteiger partial charge in [-0.15, -0.1) is 0 Å². The lowest BCUT2D eigenvalue weighted by Gasteiger charge is -2.23. The molecule has 0 radical (unpaired) electrons. The maximum atomic E-state index is 11.8. The van der Waals surface area contributed by atoms with Crippen molar-refractivity contribution in [2.45, 2.75) is 20.3 Å². The van der Waals surface area contributed by atoms with Crippen LogP contribution in [0.15, 0.2) is 0 Å². The summed E-state index contributed by atoms with van der Waals surface area (Å²) in [5.74, 6) is -0.687. The van der Waals surface area contributed by atoms with Crippen molar-refractivity contribution >= 4 is 17.8 Å². The molecule has 17 heavy (non-hydrogen) atoms. The van der Waals surface area contributed by atoms with Gasteiger partial charge in [-0.1, -0.05) is 0 Å². The van der Waals surface area contributed by atoms with Gasteiger partial charge in [-0.2, -0.15) is 0 Å². The van der Waals surface area contributed by atoms with Crippen molar-refractivity contribution < 1.29 is 19.1 Å². The highest BCUT2D eigenvalue weighted by Gasteiger charge is 2.16. The van der Waals surface area contributed by atoms with Crippen molar-refractivity contribution in [2.24, 2.45) is 0 Å². The second kappa shape index (κ2) is 7.65. The van der Waals surface area contributed by atoms with Gasteiger partial charge in [-0.25, -0.2) is 0 Å². The van der Waals surface area contributed by atoms with E-state index in [2.05, 4.69) is 4.74 Å². The molecule has 0 rings (SSSR count). The molecule has 0 aromatic rings. The van der Waals surface area contributed by atoms with Gasteiger partial charge >= 0.3 is 5.97 Å². The van der Waals surface area contributed by atoms with Crippen LogP contribution in [0.2, 0.25) is 0 Å². The Morgan fingerprint density at radius 3 is 2.24 bits per heavy atom. The highest BCUT2D eigenvalue weighted by Crippen LogP contribution is 1.96. The van der Waals surface area contributed by atoms with E-state index in [1.165, 1.54) is 23.8 Å². The number of carbonyl (C=O) groups is 3. The molecule has 0 heterocycles. The van der Waals surface area contributed by atoms with Gasteiger partial charge in [0.05, 0.1) is 20.1 Å². The summed E-state index contributed by atoms with van der Waals surface area (Å²) >= 11 is 0. The van der Waals surface area contributed by atoms with Crippen LogP contribution in [0.3, 0.4) is 0 Å². The molecule has 6 nitrogen and oxygen atoms in total. The normalized spacial score (nSPS) is 9.65. The Balaban J connectivity index is 4.21. The predicted octanol–water partition coefficient (Wildman–Crippen LogP) is -0.124.